The van der Waals surface area contributed by atoms with Crippen LogP contribution in [0.15, 0.2) is 30.5 Å². The van der Waals surface area contributed by atoms with Crippen molar-refractivity contribution < 1.29 is 0 Å². The largest absolute Gasteiger partial charge is 0.255 e. The molecule has 0 aliphatic carbocycles. The third-order valence-electron chi connectivity index (χ3n) is 3.29. The fraction of sp³-hybridized carbons (Fsp3) is 0.467. The molecule has 2 aromatic rings. The number of hydrogen-bond donors (Lipinski definition) is 0. The standard InChI is InChI=1S/C15H20N2/c1-5-11(15(2,3)4)12-8-9-13-14(17-12)7-6-10-16-13/h6-11H,5H2,1-4H3. The van der Waals surface area contributed by atoms with Gasteiger partial charge in [0.15, 0.2) is 0 Å². The number of hydrogen-bond acceptors (Lipinski definition) is 2. The lowest BCUT2D eigenvalue weighted by Crippen LogP contribution is -2.18. The van der Waals surface area contributed by atoms with Crippen molar-refractivity contribution in [2.45, 2.75) is 40.0 Å². The quantitative estimate of drug-likeness (QED) is 0.771. The molecular formula is C15H20N2. The van der Waals surface area contributed by atoms with Crippen LogP contribution in [0.3, 0.4) is 0 Å². The van der Waals surface area contributed by atoms with Crippen molar-refractivity contribution in [2.24, 2.45) is 5.41 Å². The van der Waals surface area contributed by atoms with E-state index in [1.54, 1.807) is 0 Å². The first-order chi connectivity index (χ1) is 8.02. The molecule has 0 bridgehead atoms. The Bertz CT molecular complexity index is 512. The molecule has 0 spiro atoms. The van der Waals surface area contributed by atoms with E-state index >= 15 is 0 Å². The lowest BCUT2D eigenvalue weighted by Gasteiger charge is -2.29. The molecule has 2 rings (SSSR count). The monoisotopic (exact) mass is 228 g/mol. The summed E-state index contributed by atoms with van der Waals surface area (Å²) in [5, 5.41) is 0. The van der Waals surface area contributed by atoms with Gasteiger partial charge in [0.2, 0.25) is 0 Å². The number of rotatable bonds is 2. The third kappa shape index (κ3) is 2.46. The first-order valence-electron chi connectivity index (χ1n) is 6.24. The highest BCUT2D eigenvalue weighted by Gasteiger charge is 2.25. The minimum atomic E-state index is 0.248. The van der Waals surface area contributed by atoms with Crippen molar-refractivity contribution in [3.05, 3.63) is 36.2 Å². The Morgan fingerprint density at radius 3 is 2.53 bits per heavy atom. The summed E-state index contributed by atoms with van der Waals surface area (Å²) in [6, 6.07) is 8.17. The minimum absolute atomic E-state index is 0.248. The van der Waals surface area contributed by atoms with E-state index in [0.717, 1.165) is 17.5 Å². The normalized spacial score (nSPS) is 13.9. The zero-order chi connectivity index (χ0) is 12.5. The summed E-state index contributed by atoms with van der Waals surface area (Å²) < 4.78 is 0. The highest BCUT2D eigenvalue weighted by Crippen LogP contribution is 2.36. The van der Waals surface area contributed by atoms with Crippen LogP contribution >= 0.6 is 0 Å². The van der Waals surface area contributed by atoms with Crippen molar-refractivity contribution in [1.29, 1.82) is 0 Å². The molecule has 0 N–H and O–H groups in total. The second kappa shape index (κ2) is 4.44. The molecule has 0 aliphatic heterocycles. The van der Waals surface area contributed by atoms with Crippen LogP contribution in [0.1, 0.15) is 45.7 Å². The summed E-state index contributed by atoms with van der Waals surface area (Å²) in [4.78, 5) is 9.06. The van der Waals surface area contributed by atoms with Crippen LogP contribution in [0.2, 0.25) is 0 Å². The van der Waals surface area contributed by atoms with E-state index in [2.05, 4.69) is 44.8 Å². The number of fused-ring (bicyclic) bond motifs is 1. The van der Waals surface area contributed by atoms with Gasteiger partial charge in [0, 0.05) is 17.8 Å². The Balaban J connectivity index is 2.48. The Morgan fingerprint density at radius 1 is 1.12 bits per heavy atom. The van der Waals surface area contributed by atoms with Gasteiger partial charge in [0.1, 0.15) is 0 Å². The minimum Gasteiger partial charge on any atom is -0.255 e. The molecule has 0 saturated heterocycles. The summed E-state index contributed by atoms with van der Waals surface area (Å²) in [6.45, 7) is 9.05. The maximum atomic E-state index is 4.75. The van der Waals surface area contributed by atoms with Crippen molar-refractivity contribution in [1.82, 2.24) is 9.97 Å². The summed E-state index contributed by atoms with van der Waals surface area (Å²) in [6.07, 6.45) is 2.92. The van der Waals surface area contributed by atoms with E-state index in [9.17, 15) is 0 Å². The molecule has 0 saturated carbocycles. The Morgan fingerprint density at radius 2 is 1.88 bits per heavy atom. The van der Waals surface area contributed by atoms with Gasteiger partial charge in [-0.1, -0.05) is 27.7 Å². The smallest absolute Gasteiger partial charge is 0.0890 e. The van der Waals surface area contributed by atoms with E-state index < -0.39 is 0 Å². The fourth-order valence-electron chi connectivity index (χ4n) is 2.43. The third-order valence-corrected chi connectivity index (χ3v) is 3.29. The van der Waals surface area contributed by atoms with E-state index in [0.29, 0.717) is 5.92 Å². The number of aromatic nitrogens is 2. The van der Waals surface area contributed by atoms with Gasteiger partial charge in [0.25, 0.3) is 0 Å². The zero-order valence-corrected chi connectivity index (χ0v) is 11.1. The first kappa shape index (κ1) is 12.0. The summed E-state index contributed by atoms with van der Waals surface area (Å²) in [7, 11) is 0. The van der Waals surface area contributed by atoms with Gasteiger partial charge in [-0.25, -0.2) is 0 Å². The molecule has 0 radical (unpaired) electrons. The van der Waals surface area contributed by atoms with Crippen LogP contribution in [0, 0.1) is 5.41 Å². The molecule has 0 aromatic carbocycles. The van der Waals surface area contributed by atoms with Crippen molar-refractivity contribution in [3.63, 3.8) is 0 Å². The predicted molar refractivity (Wildman–Crippen MR) is 72.0 cm³/mol. The second-order valence-electron chi connectivity index (χ2n) is 5.60. The Labute approximate surface area is 103 Å². The lowest BCUT2D eigenvalue weighted by molar-refractivity contribution is 0.307. The molecule has 0 aliphatic rings. The van der Waals surface area contributed by atoms with E-state index in [4.69, 9.17) is 4.98 Å². The van der Waals surface area contributed by atoms with Crippen LogP contribution in [0.5, 0.6) is 0 Å². The van der Waals surface area contributed by atoms with Gasteiger partial charge >= 0.3 is 0 Å². The SMILES string of the molecule is CCC(c1ccc2ncccc2n1)C(C)(C)C. The van der Waals surface area contributed by atoms with E-state index in [1.165, 1.54) is 5.69 Å². The molecule has 2 nitrogen and oxygen atoms in total. The van der Waals surface area contributed by atoms with Gasteiger partial charge in [-0.05, 0) is 36.1 Å². The molecule has 0 amide bonds. The second-order valence-corrected chi connectivity index (χ2v) is 5.60. The maximum Gasteiger partial charge on any atom is 0.0890 e. The highest BCUT2D eigenvalue weighted by atomic mass is 14.8. The van der Waals surface area contributed by atoms with Crippen LogP contribution in [-0.2, 0) is 0 Å². The molecule has 2 aromatic heterocycles. The van der Waals surface area contributed by atoms with Crippen molar-refractivity contribution in [2.75, 3.05) is 0 Å². The molecule has 17 heavy (non-hydrogen) atoms. The molecule has 1 unspecified atom stereocenters. The lowest BCUT2D eigenvalue weighted by atomic mass is 9.77. The summed E-state index contributed by atoms with van der Waals surface area (Å²) in [5.74, 6) is 0.493. The maximum absolute atomic E-state index is 4.75. The van der Waals surface area contributed by atoms with E-state index in [-0.39, 0.29) is 5.41 Å². The average Bonchev–Trinajstić information content (AvgIpc) is 2.28. The summed E-state index contributed by atoms with van der Waals surface area (Å²) in [5.41, 5.74) is 3.39. The number of pyridine rings is 2. The highest BCUT2D eigenvalue weighted by molar-refractivity contribution is 5.73. The van der Waals surface area contributed by atoms with Gasteiger partial charge in [-0.15, -0.1) is 0 Å². The average molecular weight is 228 g/mol. The molecule has 1 atom stereocenters. The van der Waals surface area contributed by atoms with Gasteiger partial charge in [-0.2, -0.15) is 0 Å². The van der Waals surface area contributed by atoms with Gasteiger partial charge in [0.05, 0.1) is 11.0 Å². The van der Waals surface area contributed by atoms with Crippen molar-refractivity contribution >= 4 is 11.0 Å². The summed E-state index contributed by atoms with van der Waals surface area (Å²) >= 11 is 0. The first-order valence-corrected chi connectivity index (χ1v) is 6.24. The Hall–Kier alpha value is -1.44. The van der Waals surface area contributed by atoms with Gasteiger partial charge in [-0.3, -0.25) is 9.97 Å². The van der Waals surface area contributed by atoms with Crippen LogP contribution in [0.25, 0.3) is 11.0 Å². The molecule has 2 heteroatoms. The van der Waals surface area contributed by atoms with Crippen LogP contribution < -0.4 is 0 Å². The molecule has 0 fully saturated rings. The zero-order valence-electron chi connectivity index (χ0n) is 11.1. The van der Waals surface area contributed by atoms with E-state index in [1.807, 2.05) is 18.3 Å². The molecule has 90 valence electrons. The molecule has 2 heterocycles. The Kier molecular flexibility index (Phi) is 3.14. The predicted octanol–water partition coefficient (Wildman–Crippen LogP) is 4.17. The van der Waals surface area contributed by atoms with Crippen LogP contribution in [0.4, 0.5) is 0 Å². The van der Waals surface area contributed by atoms with Crippen LogP contribution in [-0.4, -0.2) is 9.97 Å². The van der Waals surface area contributed by atoms with Gasteiger partial charge < -0.3 is 0 Å². The number of nitrogens with zero attached hydrogens (tertiary/aromatic N) is 2. The fourth-order valence-corrected chi connectivity index (χ4v) is 2.43. The molecular weight excluding hydrogens is 208 g/mol. The van der Waals surface area contributed by atoms with Crippen molar-refractivity contribution in [3.8, 4) is 0 Å². The topological polar surface area (TPSA) is 25.8 Å².